The van der Waals surface area contributed by atoms with Crippen LogP contribution in [0.4, 0.5) is 0 Å². The summed E-state index contributed by atoms with van der Waals surface area (Å²) in [6.45, 7) is 8.35. The molecule has 1 amide bonds. The second-order valence-corrected chi connectivity index (χ2v) is 7.35. The average Bonchev–Trinajstić information content (AvgIpc) is 2.84. The molecule has 1 saturated heterocycles. The number of piperazine rings is 1. The topological polar surface area (TPSA) is 32.3 Å². The summed E-state index contributed by atoms with van der Waals surface area (Å²) in [7, 11) is 0. The zero-order chi connectivity index (χ0) is 14.3. The van der Waals surface area contributed by atoms with E-state index >= 15 is 0 Å². The Kier molecular flexibility index (Phi) is 5.33. The Morgan fingerprint density at radius 3 is 2.90 bits per heavy atom. The first-order valence-corrected chi connectivity index (χ1v) is 8.59. The maximum atomic E-state index is 12.9. The fraction of sp³-hybridized carbons (Fsp3) is 0.688. The number of carbonyl (C=O) groups is 1. The maximum absolute atomic E-state index is 12.9. The molecule has 1 N–H and O–H groups in total. The average molecular weight is 329 g/mol. The number of hydrogen-bond donors (Lipinski definition) is 1. The number of rotatable bonds is 1. The fourth-order valence-electron chi connectivity index (χ4n) is 3.35. The number of fused-ring (bicyclic) bond motifs is 1. The minimum atomic E-state index is 0. The van der Waals surface area contributed by atoms with Gasteiger partial charge in [-0.2, -0.15) is 0 Å². The lowest BCUT2D eigenvalue weighted by Gasteiger charge is -2.38. The molecule has 118 valence electrons. The first-order valence-electron chi connectivity index (χ1n) is 7.71. The van der Waals surface area contributed by atoms with Crippen LogP contribution in [0.2, 0.25) is 0 Å². The van der Waals surface area contributed by atoms with Crippen molar-refractivity contribution in [1.29, 1.82) is 0 Å². The highest BCUT2D eigenvalue weighted by atomic mass is 35.5. The molecule has 1 aromatic heterocycles. The molecular formula is C16H25ClN2OS. The summed E-state index contributed by atoms with van der Waals surface area (Å²) >= 11 is 1.79. The van der Waals surface area contributed by atoms with E-state index in [0.29, 0.717) is 6.04 Å². The van der Waals surface area contributed by atoms with Gasteiger partial charge in [-0.25, -0.2) is 0 Å². The molecular weight excluding hydrogens is 304 g/mol. The highest BCUT2D eigenvalue weighted by molar-refractivity contribution is 7.10. The van der Waals surface area contributed by atoms with Gasteiger partial charge in [-0.3, -0.25) is 4.79 Å². The number of halogens is 1. The first-order chi connectivity index (χ1) is 9.58. The number of amides is 1. The SMILES string of the molecule is CC1CCc2c(C(=O)N3CCNC(C)C3C)csc2C1.Cl. The van der Waals surface area contributed by atoms with Crippen LogP contribution in [-0.4, -0.2) is 36.0 Å². The van der Waals surface area contributed by atoms with Gasteiger partial charge in [0.15, 0.2) is 0 Å². The van der Waals surface area contributed by atoms with Gasteiger partial charge in [0.1, 0.15) is 0 Å². The van der Waals surface area contributed by atoms with Crippen molar-refractivity contribution >= 4 is 29.7 Å². The Labute approximate surface area is 137 Å². The van der Waals surface area contributed by atoms with Gasteiger partial charge in [0, 0.05) is 35.4 Å². The molecule has 0 spiro atoms. The molecule has 2 heterocycles. The maximum Gasteiger partial charge on any atom is 0.255 e. The Morgan fingerprint density at radius 1 is 1.38 bits per heavy atom. The monoisotopic (exact) mass is 328 g/mol. The molecule has 0 aromatic carbocycles. The van der Waals surface area contributed by atoms with E-state index in [1.165, 1.54) is 16.9 Å². The molecule has 1 aromatic rings. The van der Waals surface area contributed by atoms with Crippen LogP contribution >= 0.6 is 23.7 Å². The van der Waals surface area contributed by atoms with Crippen LogP contribution in [0.5, 0.6) is 0 Å². The molecule has 1 fully saturated rings. The minimum absolute atomic E-state index is 0. The van der Waals surface area contributed by atoms with Crippen molar-refractivity contribution in [3.05, 3.63) is 21.4 Å². The van der Waals surface area contributed by atoms with Crippen molar-refractivity contribution < 1.29 is 4.79 Å². The molecule has 3 atom stereocenters. The van der Waals surface area contributed by atoms with E-state index in [0.717, 1.165) is 37.4 Å². The van der Waals surface area contributed by atoms with Gasteiger partial charge in [0.05, 0.1) is 5.56 Å². The number of nitrogens with zero attached hydrogens (tertiary/aromatic N) is 1. The van der Waals surface area contributed by atoms with Crippen LogP contribution in [0.15, 0.2) is 5.38 Å². The third-order valence-corrected chi connectivity index (χ3v) is 5.98. The molecule has 0 bridgehead atoms. The van der Waals surface area contributed by atoms with E-state index in [-0.39, 0.29) is 24.4 Å². The second-order valence-electron chi connectivity index (χ2n) is 6.38. The largest absolute Gasteiger partial charge is 0.333 e. The highest BCUT2D eigenvalue weighted by Crippen LogP contribution is 2.33. The van der Waals surface area contributed by atoms with Gasteiger partial charge in [-0.05, 0) is 44.6 Å². The molecule has 1 aliphatic carbocycles. The number of thiophene rings is 1. The molecule has 2 aliphatic rings. The molecule has 3 nitrogen and oxygen atoms in total. The Morgan fingerprint density at radius 2 is 2.14 bits per heavy atom. The van der Waals surface area contributed by atoms with Crippen molar-refractivity contribution in [2.24, 2.45) is 5.92 Å². The normalized spacial score (nSPS) is 28.7. The van der Waals surface area contributed by atoms with Crippen LogP contribution in [0.3, 0.4) is 0 Å². The van der Waals surface area contributed by atoms with E-state index in [1.54, 1.807) is 11.3 Å². The Balaban J connectivity index is 0.00000161. The molecule has 3 rings (SSSR count). The number of carbonyl (C=O) groups excluding carboxylic acids is 1. The zero-order valence-electron chi connectivity index (χ0n) is 13.0. The summed E-state index contributed by atoms with van der Waals surface area (Å²) in [4.78, 5) is 16.4. The minimum Gasteiger partial charge on any atom is -0.333 e. The van der Waals surface area contributed by atoms with Gasteiger partial charge in [0.25, 0.3) is 5.91 Å². The zero-order valence-corrected chi connectivity index (χ0v) is 14.6. The van der Waals surface area contributed by atoms with Crippen LogP contribution in [0.25, 0.3) is 0 Å². The molecule has 1 aliphatic heterocycles. The summed E-state index contributed by atoms with van der Waals surface area (Å²) in [5.74, 6) is 1.01. The predicted octanol–water partition coefficient (Wildman–Crippen LogP) is 3.12. The standard InChI is InChI=1S/C16H24N2OS.ClH/c1-10-4-5-13-14(9-20-15(13)8-10)16(19)18-7-6-17-11(2)12(18)3;/h9-12,17H,4-8H2,1-3H3;1H. The molecule has 0 radical (unpaired) electrons. The number of nitrogens with one attached hydrogen (secondary N) is 1. The van der Waals surface area contributed by atoms with E-state index in [9.17, 15) is 4.79 Å². The summed E-state index contributed by atoms with van der Waals surface area (Å²) in [5, 5.41) is 5.54. The van der Waals surface area contributed by atoms with Crippen LogP contribution in [0.1, 0.15) is 48.0 Å². The van der Waals surface area contributed by atoms with Crippen molar-refractivity contribution in [3.63, 3.8) is 0 Å². The van der Waals surface area contributed by atoms with E-state index in [2.05, 4.69) is 36.4 Å². The smallest absolute Gasteiger partial charge is 0.255 e. The van der Waals surface area contributed by atoms with Crippen molar-refractivity contribution in [1.82, 2.24) is 10.2 Å². The van der Waals surface area contributed by atoms with Gasteiger partial charge in [-0.15, -0.1) is 23.7 Å². The second kappa shape index (κ2) is 6.67. The van der Waals surface area contributed by atoms with Gasteiger partial charge < -0.3 is 10.2 Å². The molecule has 0 saturated carbocycles. The van der Waals surface area contributed by atoms with E-state index < -0.39 is 0 Å². The van der Waals surface area contributed by atoms with Crippen molar-refractivity contribution in [2.75, 3.05) is 13.1 Å². The van der Waals surface area contributed by atoms with Crippen LogP contribution in [-0.2, 0) is 12.8 Å². The van der Waals surface area contributed by atoms with Gasteiger partial charge >= 0.3 is 0 Å². The summed E-state index contributed by atoms with van der Waals surface area (Å²) < 4.78 is 0. The first kappa shape index (κ1) is 16.8. The van der Waals surface area contributed by atoms with Crippen molar-refractivity contribution in [2.45, 2.75) is 52.1 Å². The molecule has 5 heteroatoms. The van der Waals surface area contributed by atoms with Crippen molar-refractivity contribution in [3.8, 4) is 0 Å². The lowest BCUT2D eigenvalue weighted by atomic mass is 9.88. The summed E-state index contributed by atoms with van der Waals surface area (Å²) in [5.41, 5.74) is 2.33. The Hall–Kier alpha value is -0.580. The van der Waals surface area contributed by atoms with Crippen LogP contribution in [0, 0.1) is 5.92 Å². The van der Waals surface area contributed by atoms with Gasteiger partial charge in [0.2, 0.25) is 0 Å². The summed E-state index contributed by atoms with van der Waals surface area (Å²) in [6.07, 6.45) is 3.45. The fourth-order valence-corrected chi connectivity index (χ4v) is 4.59. The highest BCUT2D eigenvalue weighted by Gasteiger charge is 2.31. The number of hydrogen-bond acceptors (Lipinski definition) is 3. The lowest BCUT2D eigenvalue weighted by Crippen LogP contribution is -2.57. The van der Waals surface area contributed by atoms with E-state index in [1.807, 2.05) is 0 Å². The quantitative estimate of drug-likeness (QED) is 0.859. The Bertz CT molecular complexity index is 516. The molecule has 3 unspecified atom stereocenters. The third-order valence-electron chi connectivity index (χ3n) is 4.93. The van der Waals surface area contributed by atoms with E-state index in [4.69, 9.17) is 0 Å². The predicted molar refractivity (Wildman–Crippen MR) is 90.7 cm³/mol. The third kappa shape index (κ3) is 3.13. The van der Waals surface area contributed by atoms with Crippen LogP contribution < -0.4 is 5.32 Å². The molecule has 21 heavy (non-hydrogen) atoms. The lowest BCUT2D eigenvalue weighted by molar-refractivity contribution is 0.0602. The summed E-state index contributed by atoms with van der Waals surface area (Å²) in [6, 6.07) is 0.650. The van der Waals surface area contributed by atoms with Gasteiger partial charge in [-0.1, -0.05) is 6.92 Å².